The Morgan fingerprint density at radius 2 is 1.77 bits per heavy atom. The standard InChI is InChI=1S/C18H15BrClN3O3/c19-12-5-7-13(8-6-12)23-10-11(9-16(23)24)17(25)21-22-18(26)14-3-1-2-4-15(14)20/h1-8,11H,9-10H2,(H,21,25)(H,22,26). The van der Waals surface area contributed by atoms with E-state index in [0.29, 0.717) is 0 Å². The lowest BCUT2D eigenvalue weighted by Crippen LogP contribution is -2.45. The summed E-state index contributed by atoms with van der Waals surface area (Å²) in [6.07, 6.45) is 0.0872. The van der Waals surface area contributed by atoms with Crippen LogP contribution in [0.4, 0.5) is 5.69 Å². The Kier molecular flexibility index (Phi) is 5.58. The second-order valence-corrected chi connectivity index (χ2v) is 7.13. The quantitative estimate of drug-likeness (QED) is 0.726. The molecule has 134 valence electrons. The number of amides is 3. The number of nitrogens with one attached hydrogen (secondary N) is 2. The van der Waals surface area contributed by atoms with Crippen molar-refractivity contribution in [3.05, 3.63) is 63.6 Å². The summed E-state index contributed by atoms with van der Waals surface area (Å²) < 4.78 is 0.907. The first-order valence-corrected chi connectivity index (χ1v) is 9.03. The predicted molar refractivity (Wildman–Crippen MR) is 102 cm³/mol. The van der Waals surface area contributed by atoms with E-state index in [1.165, 1.54) is 0 Å². The lowest BCUT2D eigenvalue weighted by atomic mass is 10.1. The number of rotatable bonds is 3. The predicted octanol–water partition coefficient (Wildman–Crippen LogP) is 2.92. The smallest absolute Gasteiger partial charge is 0.271 e. The molecule has 6 nitrogen and oxygen atoms in total. The fraction of sp³-hybridized carbons (Fsp3) is 0.167. The van der Waals surface area contributed by atoms with Crippen molar-refractivity contribution in [3.63, 3.8) is 0 Å². The third-order valence-corrected chi connectivity index (χ3v) is 4.91. The van der Waals surface area contributed by atoms with Gasteiger partial charge in [-0.15, -0.1) is 0 Å². The van der Waals surface area contributed by atoms with Gasteiger partial charge in [0.25, 0.3) is 5.91 Å². The Hall–Kier alpha value is -2.38. The van der Waals surface area contributed by atoms with Gasteiger partial charge in [-0.05, 0) is 36.4 Å². The Labute approximate surface area is 163 Å². The summed E-state index contributed by atoms with van der Waals surface area (Å²) >= 11 is 9.30. The number of halogens is 2. The largest absolute Gasteiger partial charge is 0.312 e. The zero-order valence-electron chi connectivity index (χ0n) is 13.5. The van der Waals surface area contributed by atoms with Crippen molar-refractivity contribution in [2.75, 3.05) is 11.4 Å². The van der Waals surface area contributed by atoms with Crippen LogP contribution in [0.2, 0.25) is 5.02 Å². The van der Waals surface area contributed by atoms with E-state index < -0.39 is 17.7 Å². The maximum atomic E-state index is 12.3. The van der Waals surface area contributed by atoms with Crippen molar-refractivity contribution in [2.24, 2.45) is 5.92 Å². The molecule has 8 heteroatoms. The van der Waals surface area contributed by atoms with Crippen LogP contribution in [0, 0.1) is 5.92 Å². The third kappa shape index (κ3) is 4.05. The molecule has 1 saturated heterocycles. The lowest BCUT2D eigenvalue weighted by molar-refractivity contribution is -0.126. The fourth-order valence-electron chi connectivity index (χ4n) is 2.69. The monoisotopic (exact) mass is 435 g/mol. The first kappa shape index (κ1) is 18.4. The normalized spacial score (nSPS) is 16.5. The summed E-state index contributed by atoms with van der Waals surface area (Å²) in [6.45, 7) is 0.258. The molecule has 3 amide bonds. The SMILES string of the molecule is O=C(NNC(=O)C1CC(=O)N(c2ccc(Br)cc2)C1)c1ccccc1Cl. The number of nitrogens with zero attached hydrogens (tertiary/aromatic N) is 1. The number of hydrogen-bond donors (Lipinski definition) is 2. The van der Waals surface area contributed by atoms with E-state index in [2.05, 4.69) is 26.8 Å². The van der Waals surface area contributed by atoms with E-state index >= 15 is 0 Å². The summed E-state index contributed by atoms with van der Waals surface area (Å²) in [5, 5.41) is 0.289. The van der Waals surface area contributed by atoms with Crippen LogP contribution in [-0.4, -0.2) is 24.3 Å². The maximum absolute atomic E-state index is 12.3. The molecule has 0 aromatic heterocycles. The second kappa shape index (κ2) is 7.88. The Bertz CT molecular complexity index is 857. The van der Waals surface area contributed by atoms with Crippen molar-refractivity contribution in [1.82, 2.24) is 10.9 Å². The molecule has 1 fully saturated rings. The van der Waals surface area contributed by atoms with Gasteiger partial charge in [0.15, 0.2) is 0 Å². The van der Waals surface area contributed by atoms with E-state index in [-0.39, 0.29) is 29.5 Å². The number of hydrogen-bond acceptors (Lipinski definition) is 3. The van der Waals surface area contributed by atoms with Crippen LogP contribution in [0.3, 0.4) is 0 Å². The molecule has 0 aliphatic carbocycles. The van der Waals surface area contributed by atoms with E-state index in [9.17, 15) is 14.4 Å². The van der Waals surface area contributed by atoms with Gasteiger partial charge in [0.05, 0.1) is 16.5 Å². The molecule has 1 aliphatic heterocycles. The highest BCUT2D eigenvalue weighted by Crippen LogP contribution is 2.26. The summed E-state index contributed by atoms with van der Waals surface area (Å²) in [4.78, 5) is 38.1. The Morgan fingerprint density at radius 1 is 1.08 bits per heavy atom. The van der Waals surface area contributed by atoms with Gasteiger partial charge in [-0.3, -0.25) is 25.2 Å². The van der Waals surface area contributed by atoms with E-state index in [4.69, 9.17) is 11.6 Å². The highest BCUT2D eigenvalue weighted by atomic mass is 79.9. The molecule has 1 heterocycles. The van der Waals surface area contributed by atoms with Crippen LogP contribution in [0.15, 0.2) is 53.0 Å². The van der Waals surface area contributed by atoms with Crippen LogP contribution >= 0.6 is 27.5 Å². The highest BCUT2D eigenvalue weighted by Gasteiger charge is 2.35. The average molecular weight is 437 g/mol. The van der Waals surface area contributed by atoms with Gasteiger partial charge in [0, 0.05) is 23.1 Å². The van der Waals surface area contributed by atoms with Crippen LogP contribution in [0.1, 0.15) is 16.8 Å². The van der Waals surface area contributed by atoms with Gasteiger partial charge in [-0.25, -0.2) is 0 Å². The zero-order chi connectivity index (χ0) is 18.7. The number of carbonyl (C=O) groups is 3. The lowest BCUT2D eigenvalue weighted by Gasteiger charge is -2.17. The second-order valence-electron chi connectivity index (χ2n) is 5.81. The summed E-state index contributed by atoms with van der Waals surface area (Å²) in [5.74, 6) is -1.61. The van der Waals surface area contributed by atoms with Crippen molar-refractivity contribution in [2.45, 2.75) is 6.42 Å². The third-order valence-electron chi connectivity index (χ3n) is 4.05. The van der Waals surface area contributed by atoms with E-state index in [1.807, 2.05) is 12.1 Å². The molecule has 1 unspecified atom stereocenters. The molecular formula is C18H15BrClN3O3. The highest BCUT2D eigenvalue weighted by molar-refractivity contribution is 9.10. The first-order valence-electron chi connectivity index (χ1n) is 7.86. The summed E-state index contributed by atoms with van der Waals surface area (Å²) in [7, 11) is 0. The molecule has 2 aromatic carbocycles. The summed E-state index contributed by atoms with van der Waals surface area (Å²) in [5.41, 5.74) is 5.69. The van der Waals surface area contributed by atoms with Gasteiger partial charge in [-0.2, -0.15) is 0 Å². The minimum absolute atomic E-state index is 0.0872. The molecule has 1 atom stereocenters. The molecule has 0 radical (unpaired) electrons. The van der Waals surface area contributed by atoms with Gasteiger partial charge in [-0.1, -0.05) is 39.7 Å². The molecule has 2 N–H and O–H groups in total. The molecule has 26 heavy (non-hydrogen) atoms. The van der Waals surface area contributed by atoms with Crippen LogP contribution in [0.5, 0.6) is 0 Å². The van der Waals surface area contributed by atoms with Gasteiger partial charge in [0.1, 0.15) is 0 Å². The van der Waals surface area contributed by atoms with Gasteiger partial charge >= 0.3 is 0 Å². The molecule has 0 saturated carbocycles. The van der Waals surface area contributed by atoms with Crippen molar-refractivity contribution in [3.8, 4) is 0 Å². The number of anilines is 1. The number of benzene rings is 2. The average Bonchev–Trinajstić information content (AvgIpc) is 3.02. The fourth-order valence-corrected chi connectivity index (χ4v) is 3.17. The Morgan fingerprint density at radius 3 is 2.46 bits per heavy atom. The van der Waals surface area contributed by atoms with Crippen LogP contribution in [-0.2, 0) is 9.59 Å². The van der Waals surface area contributed by atoms with Crippen LogP contribution < -0.4 is 15.8 Å². The first-order chi connectivity index (χ1) is 12.5. The van der Waals surface area contributed by atoms with Crippen LogP contribution in [0.25, 0.3) is 0 Å². The Balaban J connectivity index is 1.59. The molecule has 3 rings (SSSR count). The van der Waals surface area contributed by atoms with Crippen molar-refractivity contribution in [1.29, 1.82) is 0 Å². The minimum atomic E-state index is -0.544. The molecule has 0 spiro atoms. The molecule has 0 bridgehead atoms. The topological polar surface area (TPSA) is 78.5 Å². The number of hydrazine groups is 1. The zero-order valence-corrected chi connectivity index (χ0v) is 15.9. The van der Waals surface area contributed by atoms with Gasteiger partial charge < -0.3 is 4.90 Å². The molecule has 2 aromatic rings. The van der Waals surface area contributed by atoms with E-state index in [0.717, 1.165) is 10.2 Å². The molecular weight excluding hydrogens is 422 g/mol. The maximum Gasteiger partial charge on any atom is 0.271 e. The van der Waals surface area contributed by atoms with Crippen molar-refractivity contribution < 1.29 is 14.4 Å². The van der Waals surface area contributed by atoms with Crippen molar-refractivity contribution >= 4 is 50.9 Å². The minimum Gasteiger partial charge on any atom is -0.312 e. The molecule has 1 aliphatic rings. The van der Waals surface area contributed by atoms with Gasteiger partial charge in [0.2, 0.25) is 11.8 Å². The summed E-state index contributed by atoms with van der Waals surface area (Å²) in [6, 6.07) is 13.8. The van der Waals surface area contributed by atoms with E-state index in [1.54, 1.807) is 41.3 Å². The number of carbonyl (C=O) groups excluding carboxylic acids is 3.